The van der Waals surface area contributed by atoms with E-state index in [0.717, 1.165) is 22.0 Å². The fourth-order valence-electron chi connectivity index (χ4n) is 2.48. The summed E-state index contributed by atoms with van der Waals surface area (Å²) in [7, 11) is 0. The van der Waals surface area contributed by atoms with E-state index in [2.05, 4.69) is 4.98 Å². The van der Waals surface area contributed by atoms with Crippen LogP contribution in [-0.2, 0) is 4.74 Å². The third-order valence-corrected chi connectivity index (χ3v) is 3.66. The average Bonchev–Trinajstić information content (AvgIpc) is 2.54. The van der Waals surface area contributed by atoms with Crippen LogP contribution in [0.15, 0.2) is 54.6 Å². The van der Waals surface area contributed by atoms with E-state index in [4.69, 9.17) is 16.3 Å². The van der Waals surface area contributed by atoms with Gasteiger partial charge in [-0.15, -0.1) is 0 Å². The van der Waals surface area contributed by atoms with E-state index in [1.165, 1.54) is 0 Å². The predicted octanol–water partition coefficient (Wildman–Crippen LogP) is 4.73. The van der Waals surface area contributed by atoms with Gasteiger partial charge in [0.15, 0.2) is 0 Å². The molecule has 0 fully saturated rings. The molecular weight excluding hydrogens is 298 g/mol. The number of esters is 1. The van der Waals surface area contributed by atoms with Crippen LogP contribution >= 0.6 is 11.6 Å². The molecule has 0 saturated heterocycles. The lowest BCUT2D eigenvalue weighted by Crippen LogP contribution is -2.09. The Morgan fingerprint density at radius 3 is 2.50 bits per heavy atom. The topological polar surface area (TPSA) is 39.2 Å². The first kappa shape index (κ1) is 14.5. The van der Waals surface area contributed by atoms with Crippen LogP contribution in [-0.4, -0.2) is 17.6 Å². The van der Waals surface area contributed by atoms with Crippen LogP contribution in [0, 0.1) is 0 Å². The summed E-state index contributed by atoms with van der Waals surface area (Å²) in [6.45, 7) is 2.05. The van der Waals surface area contributed by atoms with Crippen molar-refractivity contribution in [2.24, 2.45) is 0 Å². The van der Waals surface area contributed by atoms with Crippen molar-refractivity contribution in [3.8, 4) is 11.1 Å². The molecule has 0 spiro atoms. The minimum Gasteiger partial charge on any atom is -0.462 e. The summed E-state index contributed by atoms with van der Waals surface area (Å²) in [5.41, 5.74) is 2.73. The van der Waals surface area contributed by atoms with Crippen molar-refractivity contribution < 1.29 is 9.53 Å². The number of pyridine rings is 1. The predicted molar refractivity (Wildman–Crippen MR) is 88.1 cm³/mol. The number of ether oxygens (including phenoxy) is 1. The van der Waals surface area contributed by atoms with Gasteiger partial charge in [-0.05, 0) is 18.6 Å². The largest absolute Gasteiger partial charge is 0.462 e. The molecule has 0 saturated carbocycles. The van der Waals surface area contributed by atoms with E-state index < -0.39 is 5.97 Å². The normalized spacial score (nSPS) is 10.6. The second-order valence-electron chi connectivity index (χ2n) is 4.76. The highest BCUT2D eigenvalue weighted by Gasteiger charge is 2.22. The molecule has 0 unspecified atom stereocenters. The van der Waals surface area contributed by atoms with Crippen LogP contribution in [0.1, 0.15) is 17.3 Å². The molecule has 110 valence electrons. The molecule has 4 heteroatoms. The zero-order valence-corrected chi connectivity index (χ0v) is 12.8. The number of carbonyl (C=O) groups is 1. The Kier molecular flexibility index (Phi) is 4.07. The van der Waals surface area contributed by atoms with Gasteiger partial charge in [0.1, 0.15) is 10.7 Å². The first-order valence-corrected chi connectivity index (χ1v) is 7.41. The van der Waals surface area contributed by atoms with Crippen molar-refractivity contribution in [2.45, 2.75) is 6.92 Å². The summed E-state index contributed by atoms with van der Waals surface area (Å²) in [4.78, 5) is 16.7. The number of rotatable bonds is 3. The van der Waals surface area contributed by atoms with Crippen LogP contribution in [0.25, 0.3) is 22.0 Å². The summed E-state index contributed by atoms with van der Waals surface area (Å²) in [5, 5.41) is 1.04. The SMILES string of the molecule is CCOC(=O)c1c(Cl)nc2ccccc2c1-c1ccccc1. The zero-order valence-electron chi connectivity index (χ0n) is 12.0. The van der Waals surface area contributed by atoms with Gasteiger partial charge in [-0.3, -0.25) is 0 Å². The van der Waals surface area contributed by atoms with Crippen LogP contribution in [0.4, 0.5) is 0 Å². The van der Waals surface area contributed by atoms with Crippen molar-refractivity contribution in [2.75, 3.05) is 6.61 Å². The molecule has 3 aromatic rings. The molecule has 1 heterocycles. The Balaban J connectivity index is 2.38. The standard InChI is InChI=1S/C18H14ClNO2/c1-2-22-18(21)16-15(12-8-4-3-5-9-12)13-10-6-7-11-14(13)20-17(16)19/h3-11H,2H2,1H3. The second-order valence-corrected chi connectivity index (χ2v) is 5.11. The second kappa shape index (κ2) is 6.16. The minimum absolute atomic E-state index is 0.163. The maximum absolute atomic E-state index is 12.4. The molecule has 0 aliphatic heterocycles. The highest BCUT2D eigenvalue weighted by molar-refractivity contribution is 6.34. The summed E-state index contributed by atoms with van der Waals surface area (Å²) < 4.78 is 5.16. The number of para-hydroxylation sites is 1. The van der Waals surface area contributed by atoms with Gasteiger partial charge in [0.05, 0.1) is 12.1 Å². The summed E-state index contributed by atoms with van der Waals surface area (Å²) in [6.07, 6.45) is 0. The monoisotopic (exact) mass is 311 g/mol. The molecule has 0 radical (unpaired) electrons. The molecular formula is C18H14ClNO2. The van der Waals surface area contributed by atoms with Crippen molar-refractivity contribution in [1.82, 2.24) is 4.98 Å². The zero-order chi connectivity index (χ0) is 15.5. The Hall–Kier alpha value is -2.39. The first-order chi connectivity index (χ1) is 10.7. The molecule has 1 aromatic heterocycles. The molecule has 3 rings (SSSR count). The van der Waals surface area contributed by atoms with Gasteiger partial charge < -0.3 is 4.74 Å². The van der Waals surface area contributed by atoms with Gasteiger partial charge in [-0.1, -0.05) is 60.1 Å². The van der Waals surface area contributed by atoms with Crippen LogP contribution in [0.3, 0.4) is 0 Å². The Labute approximate surface area is 133 Å². The summed E-state index contributed by atoms with van der Waals surface area (Å²) >= 11 is 6.28. The van der Waals surface area contributed by atoms with Crippen molar-refractivity contribution in [3.05, 3.63) is 65.3 Å². The molecule has 0 aliphatic rings. The third kappa shape index (κ3) is 2.55. The van der Waals surface area contributed by atoms with E-state index in [9.17, 15) is 4.79 Å². The van der Waals surface area contributed by atoms with Gasteiger partial charge in [-0.2, -0.15) is 0 Å². The lowest BCUT2D eigenvalue weighted by molar-refractivity contribution is 0.0527. The molecule has 2 aromatic carbocycles. The minimum atomic E-state index is -0.454. The number of benzene rings is 2. The number of aromatic nitrogens is 1. The molecule has 3 nitrogen and oxygen atoms in total. The van der Waals surface area contributed by atoms with Gasteiger partial charge in [0, 0.05) is 10.9 Å². The van der Waals surface area contributed by atoms with Crippen LogP contribution < -0.4 is 0 Å². The molecule has 0 N–H and O–H groups in total. The number of halogens is 1. The number of hydrogen-bond donors (Lipinski definition) is 0. The fraction of sp³-hybridized carbons (Fsp3) is 0.111. The van der Waals surface area contributed by atoms with E-state index in [1.807, 2.05) is 54.6 Å². The van der Waals surface area contributed by atoms with Gasteiger partial charge in [0.25, 0.3) is 0 Å². The summed E-state index contributed by atoms with van der Waals surface area (Å²) in [6, 6.07) is 17.3. The van der Waals surface area contributed by atoms with E-state index >= 15 is 0 Å². The number of fused-ring (bicyclic) bond motifs is 1. The quantitative estimate of drug-likeness (QED) is 0.518. The Morgan fingerprint density at radius 2 is 1.77 bits per heavy atom. The lowest BCUT2D eigenvalue weighted by Gasteiger charge is -2.13. The maximum atomic E-state index is 12.4. The smallest absolute Gasteiger partial charge is 0.341 e. The molecule has 0 bridgehead atoms. The number of hydrogen-bond acceptors (Lipinski definition) is 3. The van der Waals surface area contributed by atoms with E-state index in [-0.39, 0.29) is 11.8 Å². The van der Waals surface area contributed by atoms with Crippen LogP contribution in [0.5, 0.6) is 0 Å². The van der Waals surface area contributed by atoms with Gasteiger partial charge >= 0.3 is 5.97 Å². The van der Waals surface area contributed by atoms with E-state index in [0.29, 0.717) is 5.56 Å². The highest BCUT2D eigenvalue weighted by atomic mass is 35.5. The Bertz CT molecular complexity index is 831. The highest BCUT2D eigenvalue weighted by Crippen LogP contribution is 2.35. The molecule has 22 heavy (non-hydrogen) atoms. The maximum Gasteiger partial charge on any atom is 0.341 e. The molecule has 0 atom stereocenters. The van der Waals surface area contributed by atoms with Crippen molar-refractivity contribution in [1.29, 1.82) is 0 Å². The summed E-state index contributed by atoms with van der Waals surface area (Å²) in [5.74, 6) is -0.454. The van der Waals surface area contributed by atoms with E-state index in [1.54, 1.807) is 6.92 Å². The van der Waals surface area contributed by atoms with Crippen molar-refractivity contribution in [3.63, 3.8) is 0 Å². The number of carbonyl (C=O) groups excluding carboxylic acids is 1. The van der Waals surface area contributed by atoms with Crippen molar-refractivity contribution >= 4 is 28.5 Å². The molecule has 0 aliphatic carbocycles. The molecule has 0 amide bonds. The fourth-order valence-corrected chi connectivity index (χ4v) is 2.74. The number of nitrogens with zero attached hydrogens (tertiary/aromatic N) is 1. The van der Waals surface area contributed by atoms with Gasteiger partial charge in [0.2, 0.25) is 0 Å². The van der Waals surface area contributed by atoms with Crippen LogP contribution in [0.2, 0.25) is 5.15 Å². The third-order valence-electron chi connectivity index (χ3n) is 3.39. The first-order valence-electron chi connectivity index (χ1n) is 7.03. The Morgan fingerprint density at radius 1 is 1.09 bits per heavy atom. The lowest BCUT2D eigenvalue weighted by atomic mass is 9.96. The average molecular weight is 312 g/mol. The van der Waals surface area contributed by atoms with Gasteiger partial charge in [-0.25, -0.2) is 9.78 Å².